The molecule has 1 saturated carbocycles. The van der Waals surface area contributed by atoms with Crippen molar-refractivity contribution in [3.05, 3.63) is 53.7 Å². The van der Waals surface area contributed by atoms with Crippen LogP contribution < -0.4 is 0 Å². The van der Waals surface area contributed by atoms with E-state index in [0.717, 1.165) is 17.5 Å². The number of benzene rings is 1. The molecule has 1 heteroatoms. The molecule has 1 heterocycles. The molecule has 32 heavy (non-hydrogen) atoms. The molecule has 0 saturated heterocycles. The fourth-order valence-corrected chi connectivity index (χ4v) is 5.38. The number of hydrogen-bond donors (Lipinski definition) is 0. The number of rotatable bonds is 14. The van der Waals surface area contributed by atoms with Gasteiger partial charge < -0.3 is 0 Å². The number of aryl methyl sites for hydroxylation is 2. The maximum atomic E-state index is 4.79. The maximum absolute atomic E-state index is 4.79. The molecule has 0 aliphatic heterocycles. The SMILES string of the molecule is CCCCCCCc1ccc(-c2ccc(CC[C@H]3CC[C@H](CCCCC)CC3)cn2)cc1. The quantitative estimate of drug-likeness (QED) is 0.270. The van der Waals surface area contributed by atoms with E-state index in [1.54, 1.807) is 0 Å². The lowest BCUT2D eigenvalue weighted by Gasteiger charge is -2.28. The van der Waals surface area contributed by atoms with E-state index in [-0.39, 0.29) is 0 Å². The Morgan fingerprint density at radius 3 is 1.91 bits per heavy atom. The van der Waals surface area contributed by atoms with Crippen LogP contribution in [0.3, 0.4) is 0 Å². The molecular weight excluding hydrogens is 386 g/mol. The third-order valence-electron chi connectivity index (χ3n) is 7.67. The van der Waals surface area contributed by atoms with Gasteiger partial charge in [-0.3, -0.25) is 4.98 Å². The van der Waals surface area contributed by atoms with E-state index in [2.05, 4.69) is 56.4 Å². The molecule has 0 atom stereocenters. The van der Waals surface area contributed by atoms with Crippen LogP contribution in [-0.4, -0.2) is 4.98 Å². The van der Waals surface area contributed by atoms with Crippen molar-refractivity contribution in [2.45, 2.75) is 117 Å². The van der Waals surface area contributed by atoms with Crippen LogP contribution >= 0.6 is 0 Å². The van der Waals surface area contributed by atoms with Gasteiger partial charge in [-0.25, -0.2) is 0 Å². The molecular formula is C31H47N. The summed E-state index contributed by atoms with van der Waals surface area (Å²) in [5.74, 6) is 1.96. The third-order valence-corrected chi connectivity index (χ3v) is 7.67. The van der Waals surface area contributed by atoms with Crippen LogP contribution in [0.15, 0.2) is 42.6 Å². The minimum atomic E-state index is 0.937. The van der Waals surface area contributed by atoms with E-state index in [1.807, 2.05) is 0 Å². The molecule has 3 rings (SSSR count). The molecule has 2 aromatic rings. The summed E-state index contributed by atoms with van der Waals surface area (Å²) in [6.07, 6.45) is 24.2. The molecule has 0 spiro atoms. The molecule has 1 aliphatic carbocycles. The molecule has 1 aromatic carbocycles. The van der Waals surface area contributed by atoms with Gasteiger partial charge in [0.05, 0.1) is 5.69 Å². The molecule has 0 bridgehead atoms. The second-order valence-corrected chi connectivity index (χ2v) is 10.3. The van der Waals surface area contributed by atoms with Crippen LogP contribution in [-0.2, 0) is 12.8 Å². The first kappa shape index (κ1) is 25.0. The summed E-state index contributed by atoms with van der Waals surface area (Å²) in [4.78, 5) is 4.79. The lowest BCUT2D eigenvalue weighted by atomic mass is 9.78. The van der Waals surface area contributed by atoms with E-state index in [0.29, 0.717) is 0 Å². The standard InChI is InChI=1S/C31H47N/c1-3-5-7-8-10-12-27-19-22-30(23-20-27)31-24-21-29(25-32-31)18-17-28-15-13-26(14-16-28)11-9-6-4-2/h19-26,28H,3-18H2,1-2H3/t26-,28-. The second-order valence-electron chi connectivity index (χ2n) is 10.3. The smallest absolute Gasteiger partial charge is 0.0702 e. The van der Waals surface area contributed by atoms with Crippen molar-refractivity contribution in [1.82, 2.24) is 4.98 Å². The van der Waals surface area contributed by atoms with Crippen LogP contribution in [0, 0.1) is 11.8 Å². The van der Waals surface area contributed by atoms with Crippen molar-refractivity contribution in [2.75, 3.05) is 0 Å². The fraction of sp³-hybridized carbons (Fsp3) is 0.645. The summed E-state index contributed by atoms with van der Waals surface area (Å²) in [6.45, 7) is 4.59. The molecule has 176 valence electrons. The Morgan fingerprint density at radius 2 is 1.25 bits per heavy atom. The summed E-state index contributed by atoms with van der Waals surface area (Å²) in [5.41, 5.74) is 5.22. The Morgan fingerprint density at radius 1 is 0.625 bits per heavy atom. The highest BCUT2D eigenvalue weighted by molar-refractivity contribution is 5.59. The summed E-state index contributed by atoms with van der Waals surface area (Å²) in [6, 6.07) is 13.6. The minimum Gasteiger partial charge on any atom is -0.256 e. The van der Waals surface area contributed by atoms with Gasteiger partial charge in [-0.2, -0.15) is 0 Å². The van der Waals surface area contributed by atoms with E-state index < -0.39 is 0 Å². The summed E-state index contributed by atoms with van der Waals surface area (Å²) < 4.78 is 0. The predicted octanol–water partition coefficient (Wildman–Crippen LogP) is 9.58. The first-order valence-electron chi connectivity index (χ1n) is 13.8. The number of unbranched alkanes of at least 4 members (excludes halogenated alkanes) is 6. The summed E-state index contributed by atoms with van der Waals surface area (Å²) in [7, 11) is 0. The van der Waals surface area contributed by atoms with E-state index in [9.17, 15) is 0 Å². The van der Waals surface area contributed by atoms with Gasteiger partial charge in [0.2, 0.25) is 0 Å². The molecule has 1 aromatic heterocycles. The number of pyridine rings is 1. The monoisotopic (exact) mass is 433 g/mol. The topological polar surface area (TPSA) is 12.9 Å². The first-order valence-corrected chi connectivity index (χ1v) is 13.8. The Labute approximate surface area is 198 Å². The molecule has 0 amide bonds. The highest BCUT2D eigenvalue weighted by atomic mass is 14.7. The lowest BCUT2D eigenvalue weighted by Crippen LogP contribution is -2.15. The van der Waals surface area contributed by atoms with Crippen molar-refractivity contribution in [3.63, 3.8) is 0 Å². The van der Waals surface area contributed by atoms with Crippen LogP contribution in [0.1, 0.15) is 115 Å². The van der Waals surface area contributed by atoms with Crippen molar-refractivity contribution < 1.29 is 0 Å². The van der Waals surface area contributed by atoms with Crippen molar-refractivity contribution >= 4 is 0 Å². The Bertz CT molecular complexity index is 722. The molecule has 1 nitrogen and oxygen atoms in total. The predicted molar refractivity (Wildman–Crippen MR) is 140 cm³/mol. The van der Waals surface area contributed by atoms with Crippen LogP contribution in [0.4, 0.5) is 0 Å². The van der Waals surface area contributed by atoms with Crippen LogP contribution in [0.25, 0.3) is 11.3 Å². The number of hydrogen-bond acceptors (Lipinski definition) is 1. The average Bonchev–Trinajstić information content (AvgIpc) is 2.84. The highest BCUT2D eigenvalue weighted by Gasteiger charge is 2.20. The zero-order valence-corrected chi connectivity index (χ0v) is 21.0. The summed E-state index contributed by atoms with van der Waals surface area (Å²) in [5, 5.41) is 0. The van der Waals surface area contributed by atoms with Gasteiger partial charge in [-0.05, 0) is 54.7 Å². The first-order chi connectivity index (χ1) is 15.8. The lowest BCUT2D eigenvalue weighted by molar-refractivity contribution is 0.249. The second kappa shape index (κ2) is 14.5. The van der Waals surface area contributed by atoms with Crippen molar-refractivity contribution in [3.8, 4) is 11.3 Å². The van der Waals surface area contributed by atoms with E-state index in [1.165, 1.54) is 119 Å². The van der Waals surface area contributed by atoms with Gasteiger partial charge in [0.1, 0.15) is 0 Å². The minimum absolute atomic E-state index is 0.937. The molecule has 1 aliphatic rings. The molecule has 0 unspecified atom stereocenters. The van der Waals surface area contributed by atoms with Crippen LogP contribution in [0.2, 0.25) is 0 Å². The number of nitrogens with zero attached hydrogens (tertiary/aromatic N) is 1. The largest absolute Gasteiger partial charge is 0.256 e. The van der Waals surface area contributed by atoms with E-state index in [4.69, 9.17) is 4.98 Å². The van der Waals surface area contributed by atoms with E-state index >= 15 is 0 Å². The Kier molecular flexibility index (Phi) is 11.3. The van der Waals surface area contributed by atoms with Gasteiger partial charge in [0, 0.05) is 11.8 Å². The maximum Gasteiger partial charge on any atom is 0.0702 e. The normalized spacial score (nSPS) is 18.7. The molecule has 0 radical (unpaired) electrons. The van der Waals surface area contributed by atoms with Gasteiger partial charge >= 0.3 is 0 Å². The van der Waals surface area contributed by atoms with Gasteiger partial charge in [0.25, 0.3) is 0 Å². The average molecular weight is 434 g/mol. The zero-order chi connectivity index (χ0) is 22.4. The fourth-order valence-electron chi connectivity index (χ4n) is 5.38. The number of aromatic nitrogens is 1. The van der Waals surface area contributed by atoms with Gasteiger partial charge in [0.15, 0.2) is 0 Å². The molecule has 0 N–H and O–H groups in total. The van der Waals surface area contributed by atoms with Crippen molar-refractivity contribution in [1.29, 1.82) is 0 Å². The van der Waals surface area contributed by atoms with Crippen molar-refractivity contribution in [2.24, 2.45) is 11.8 Å². The third kappa shape index (κ3) is 8.72. The summed E-state index contributed by atoms with van der Waals surface area (Å²) >= 11 is 0. The highest BCUT2D eigenvalue weighted by Crippen LogP contribution is 2.34. The Balaban J connectivity index is 1.38. The zero-order valence-electron chi connectivity index (χ0n) is 21.0. The molecule has 1 fully saturated rings. The van der Waals surface area contributed by atoms with Gasteiger partial charge in [-0.1, -0.05) is 121 Å². The van der Waals surface area contributed by atoms with Gasteiger partial charge in [-0.15, -0.1) is 0 Å². The van der Waals surface area contributed by atoms with Crippen LogP contribution in [0.5, 0.6) is 0 Å². The Hall–Kier alpha value is -1.63.